The third-order valence-corrected chi connectivity index (χ3v) is 8.97. The van der Waals surface area contributed by atoms with Gasteiger partial charge in [-0.05, 0) is 57.9 Å². The Labute approximate surface area is 269 Å². The molecule has 216 valence electrons. The van der Waals surface area contributed by atoms with Crippen LogP contribution in [0.2, 0.25) is 0 Å². The fourth-order valence-corrected chi connectivity index (χ4v) is 6.90. The fraction of sp³-hybridized carbons (Fsp3) is 0. The fourth-order valence-electron chi connectivity index (χ4n) is 6.90. The minimum atomic E-state index is -0.0548. The van der Waals surface area contributed by atoms with Crippen LogP contribution in [0.4, 0.5) is 17.1 Å². The van der Waals surface area contributed by atoms with Crippen molar-refractivity contribution in [2.75, 3.05) is 4.90 Å². The lowest BCUT2D eigenvalue weighted by molar-refractivity contribution is 0.465. The van der Waals surface area contributed by atoms with E-state index in [1.54, 1.807) is 0 Å². The predicted octanol–water partition coefficient (Wildman–Crippen LogP) is 9.22. The van der Waals surface area contributed by atoms with E-state index in [0.29, 0.717) is 0 Å². The molecule has 0 atom stereocenters. The van der Waals surface area contributed by atoms with Crippen molar-refractivity contribution in [1.82, 2.24) is 0 Å². The van der Waals surface area contributed by atoms with Crippen molar-refractivity contribution >= 4 is 40.2 Å². The van der Waals surface area contributed by atoms with Crippen molar-refractivity contribution in [2.45, 2.75) is 0 Å². The van der Waals surface area contributed by atoms with Crippen LogP contribution in [0.5, 0.6) is 23.0 Å². The molecule has 0 fully saturated rings. The molecular weight excluding hydrogens is 561 g/mol. The highest BCUT2D eigenvalue weighted by atomic mass is 16.5. The van der Waals surface area contributed by atoms with Gasteiger partial charge in [0.2, 0.25) is 0 Å². The molecule has 2 heterocycles. The Kier molecular flexibility index (Phi) is 6.24. The van der Waals surface area contributed by atoms with Crippen molar-refractivity contribution < 1.29 is 9.47 Å². The van der Waals surface area contributed by atoms with Gasteiger partial charge in [-0.1, -0.05) is 127 Å². The molecule has 9 rings (SSSR count). The van der Waals surface area contributed by atoms with Gasteiger partial charge in [-0.3, -0.25) is 0 Å². The van der Waals surface area contributed by atoms with Gasteiger partial charge in [0.1, 0.15) is 23.0 Å². The molecule has 2 aliphatic rings. The maximum atomic E-state index is 7.00. The zero-order valence-corrected chi connectivity index (χ0v) is 25.0. The second kappa shape index (κ2) is 10.9. The van der Waals surface area contributed by atoms with Gasteiger partial charge in [-0.25, -0.2) is 0 Å². The normalized spacial score (nSPS) is 12.2. The van der Waals surface area contributed by atoms with Gasteiger partial charge in [-0.2, -0.15) is 0 Å². The zero-order valence-electron chi connectivity index (χ0n) is 25.0. The molecule has 7 aromatic carbocycles. The number of para-hydroxylation sites is 3. The standard InChI is InChI=1S/C42H28BNO2/c1-5-14-29(15-6-1)31-24-25-38-37(26-31)43-36-23-13-22-35(30-16-7-2-8-17-30)42(36)46-40-28-34(27-39(45-38)41(40)43)44(32-18-9-3-10-19-32)33-20-11-4-12-21-33/h1-28H. The van der Waals surface area contributed by atoms with E-state index in [9.17, 15) is 0 Å². The van der Waals surface area contributed by atoms with Crippen molar-refractivity contribution in [3.63, 3.8) is 0 Å². The van der Waals surface area contributed by atoms with E-state index in [1.165, 1.54) is 5.56 Å². The summed E-state index contributed by atoms with van der Waals surface area (Å²) in [6.07, 6.45) is 0. The molecule has 2 aliphatic heterocycles. The molecule has 0 aromatic heterocycles. The lowest BCUT2D eigenvalue weighted by Crippen LogP contribution is -2.57. The quantitative estimate of drug-likeness (QED) is 0.187. The smallest absolute Gasteiger partial charge is 0.260 e. The highest BCUT2D eigenvalue weighted by Gasteiger charge is 2.41. The third-order valence-electron chi connectivity index (χ3n) is 8.97. The van der Waals surface area contributed by atoms with Gasteiger partial charge in [-0.15, -0.1) is 0 Å². The number of hydrogen-bond donors (Lipinski definition) is 0. The molecule has 46 heavy (non-hydrogen) atoms. The van der Waals surface area contributed by atoms with Crippen LogP contribution in [0.15, 0.2) is 170 Å². The maximum absolute atomic E-state index is 7.00. The highest BCUT2D eigenvalue weighted by Crippen LogP contribution is 2.44. The van der Waals surface area contributed by atoms with E-state index in [1.807, 2.05) is 12.1 Å². The molecule has 0 saturated carbocycles. The van der Waals surface area contributed by atoms with Crippen molar-refractivity contribution in [3.05, 3.63) is 170 Å². The zero-order chi connectivity index (χ0) is 30.5. The molecule has 0 aliphatic carbocycles. The third kappa shape index (κ3) is 4.38. The Balaban J connectivity index is 1.29. The average Bonchev–Trinajstić information content (AvgIpc) is 3.13. The Morgan fingerprint density at radius 3 is 1.63 bits per heavy atom. The molecule has 0 spiro atoms. The van der Waals surface area contributed by atoms with Gasteiger partial charge in [0, 0.05) is 34.5 Å². The summed E-state index contributed by atoms with van der Waals surface area (Å²) in [4.78, 5) is 2.26. The number of benzene rings is 7. The topological polar surface area (TPSA) is 21.7 Å². The first-order valence-electron chi connectivity index (χ1n) is 15.6. The van der Waals surface area contributed by atoms with Crippen LogP contribution in [-0.2, 0) is 0 Å². The summed E-state index contributed by atoms with van der Waals surface area (Å²) in [6.45, 7) is -0.0548. The Morgan fingerprint density at radius 2 is 0.978 bits per heavy atom. The second-order valence-electron chi connectivity index (χ2n) is 11.7. The van der Waals surface area contributed by atoms with Gasteiger partial charge < -0.3 is 14.4 Å². The Morgan fingerprint density at radius 1 is 0.391 bits per heavy atom. The first-order chi connectivity index (χ1) is 22.8. The predicted molar refractivity (Wildman–Crippen MR) is 190 cm³/mol. The number of rotatable bonds is 5. The van der Waals surface area contributed by atoms with E-state index in [0.717, 1.165) is 73.1 Å². The summed E-state index contributed by atoms with van der Waals surface area (Å²) in [5.41, 5.74) is 11.0. The summed E-state index contributed by atoms with van der Waals surface area (Å²) >= 11 is 0. The van der Waals surface area contributed by atoms with Crippen LogP contribution in [-0.4, -0.2) is 6.71 Å². The molecule has 3 nitrogen and oxygen atoms in total. The van der Waals surface area contributed by atoms with Crippen LogP contribution in [0.25, 0.3) is 22.3 Å². The minimum Gasteiger partial charge on any atom is -0.458 e. The van der Waals surface area contributed by atoms with Crippen LogP contribution < -0.4 is 30.8 Å². The molecule has 0 saturated heterocycles. The number of ether oxygens (including phenoxy) is 2. The average molecular weight is 590 g/mol. The maximum Gasteiger partial charge on any atom is 0.260 e. The lowest BCUT2D eigenvalue weighted by Gasteiger charge is -2.35. The minimum absolute atomic E-state index is 0.0548. The Hall–Kier alpha value is -6.00. The van der Waals surface area contributed by atoms with Crippen molar-refractivity contribution in [2.24, 2.45) is 0 Å². The summed E-state index contributed by atoms with van der Waals surface area (Å²) < 4.78 is 13.8. The van der Waals surface area contributed by atoms with Gasteiger partial charge in [0.05, 0.1) is 5.69 Å². The Bertz CT molecular complexity index is 2160. The first-order valence-corrected chi connectivity index (χ1v) is 15.6. The summed E-state index contributed by atoms with van der Waals surface area (Å²) in [5.74, 6) is 3.37. The molecular formula is C42H28BNO2. The molecule has 7 aromatic rings. The number of fused-ring (bicyclic) bond motifs is 4. The lowest BCUT2D eigenvalue weighted by atomic mass is 9.34. The molecule has 0 radical (unpaired) electrons. The van der Waals surface area contributed by atoms with E-state index >= 15 is 0 Å². The molecule has 0 N–H and O–H groups in total. The van der Waals surface area contributed by atoms with E-state index in [4.69, 9.17) is 9.47 Å². The van der Waals surface area contributed by atoms with Gasteiger partial charge in [0.15, 0.2) is 0 Å². The molecule has 0 amide bonds. The summed E-state index contributed by atoms with van der Waals surface area (Å²) in [7, 11) is 0. The SMILES string of the molecule is c1ccc(-c2ccc3c(c2)B2c4cccc(-c5ccccc5)c4Oc4cc(N(c5ccccc5)c5ccccc5)cc(c42)O3)cc1. The van der Waals surface area contributed by atoms with E-state index in [2.05, 4.69) is 163 Å². The van der Waals surface area contributed by atoms with E-state index in [-0.39, 0.29) is 6.71 Å². The largest absolute Gasteiger partial charge is 0.458 e. The molecule has 0 unspecified atom stereocenters. The number of anilines is 3. The number of hydrogen-bond acceptors (Lipinski definition) is 3. The van der Waals surface area contributed by atoms with E-state index < -0.39 is 0 Å². The van der Waals surface area contributed by atoms with Gasteiger partial charge >= 0.3 is 0 Å². The summed E-state index contributed by atoms with van der Waals surface area (Å²) in [5, 5.41) is 0. The van der Waals surface area contributed by atoms with Gasteiger partial charge in [0.25, 0.3) is 6.71 Å². The van der Waals surface area contributed by atoms with Crippen LogP contribution >= 0.6 is 0 Å². The number of nitrogens with zero attached hydrogens (tertiary/aromatic N) is 1. The monoisotopic (exact) mass is 589 g/mol. The van der Waals surface area contributed by atoms with Crippen LogP contribution in [0.1, 0.15) is 0 Å². The summed E-state index contributed by atoms with van der Waals surface area (Å²) in [6, 6.07) is 59.3. The van der Waals surface area contributed by atoms with Crippen LogP contribution in [0, 0.1) is 0 Å². The van der Waals surface area contributed by atoms with Crippen molar-refractivity contribution in [1.29, 1.82) is 0 Å². The second-order valence-corrected chi connectivity index (χ2v) is 11.7. The molecule has 4 heteroatoms. The van der Waals surface area contributed by atoms with Crippen LogP contribution in [0.3, 0.4) is 0 Å². The van der Waals surface area contributed by atoms with Crippen molar-refractivity contribution in [3.8, 4) is 45.3 Å². The first kappa shape index (κ1) is 26.4. The molecule has 0 bridgehead atoms. The highest BCUT2D eigenvalue weighted by molar-refractivity contribution is 6.98.